The molecule has 0 radical (unpaired) electrons. The van der Waals surface area contributed by atoms with Gasteiger partial charge in [0, 0.05) is 18.2 Å². The molecule has 5 heteroatoms. The molecule has 0 spiro atoms. The minimum atomic E-state index is -0.467. The molecule has 0 aliphatic carbocycles. The topological polar surface area (TPSA) is 47.6 Å². The van der Waals surface area contributed by atoms with Crippen molar-refractivity contribution in [3.63, 3.8) is 0 Å². The third-order valence-corrected chi connectivity index (χ3v) is 2.75. The Bertz CT molecular complexity index is 538. The van der Waals surface area contributed by atoms with Gasteiger partial charge in [0.25, 0.3) is 0 Å². The minimum Gasteiger partial charge on any atom is -0.489 e. The van der Waals surface area contributed by atoms with Gasteiger partial charge in [-0.25, -0.2) is 9.38 Å². The number of nitrogens with two attached hydrogens (primary N) is 1. The molecule has 1 aliphatic heterocycles. The van der Waals surface area contributed by atoms with Crippen molar-refractivity contribution in [2.75, 3.05) is 0 Å². The number of hydrogen-bond donors (Lipinski definition) is 1. The molecule has 0 saturated carbocycles. The Kier molecular flexibility index (Phi) is 3.99. The summed E-state index contributed by atoms with van der Waals surface area (Å²) in [6, 6.07) is 4.79. The highest BCUT2D eigenvalue weighted by molar-refractivity contribution is 6.30. The molecule has 3 nitrogen and oxygen atoms in total. The SMILES string of the molecule is NC1=C(OCc2cccc(Cl)c2F)CC=CC=N1. The number of nitrogens with zero attached hydrogens (tertiary/aromatic N) is 1. The van der Waals surface area contributed by atoms with Gasteiger partial charge in [-0.15, -0.1) is 0 Å². The van der Waals surface area contributed by atoms with Crippen LogP contribution in [0.4, 0.5) is 4.39 Å². The molecule has 18 heavy (non-hydrogen) atoms. The van der Waals surface area contributed by atoms with E-state index in [1.807, 2.05) is 6.08 Å². The van der Waals surface area contributed by atoms with Crippen molar-refractivity contribution in [1.82, 2.24) is 0 Å². The zero-order chi connectivity index (χ0) is 13.0. The van der Waals surface area contributed by atoms with Gasteiger partial charge in [0.2, 0.25) is 0 Å². The van der Waals surface area contributed by atoms with Crippen LogP contribution in [0, 0.1) is 5.82 Å². The molecular weight excluding hydrogens is 255 g/mol. The van der Waals surface area contributed by atoms with Crippen LogP contribution in [0.2, 0.25) is 5.02 Å². The summed E-state index contributed by atoms with van der Waals surface area (Å²) in [5.74, 6) is 0.368. The van der Waals surface area contributed by atoms with Gasteiger partial charge in [0.15, 0.2) is 5.82 Å². The molecule has 0 atom stereocenters. The number of hydrogen-bond acceptors (Lipinski definition) is 3. The lowest BCUT2D eigenvalue weighted by Gasteiger charge is -2.10. The molecule has 2 N–H and O–H groups in total. The Balaban J connectivity index is 2.10. The molecule has 0 fully saturated rings. The normalized spacial score (nSPS) is 14.8. The number of allylic oxidation sites excluding steroid dienone is 2. The Morgan fingerprint density at radius 1 is 1.44 bits per heavy atom. The Hall–Kier alpha value is -1.81. The van der Waals surface area contributed by atoms with Crippen molar-refractivity contribution >= 4 is 17.8 Å². The van der Waals surface area contributed by atoms with E-state index in [1.54, 1.807) is 24.4 Å². The molecule has 94 valence electrons. The molecule has 1 aromatic rings. The minimum absolute atomic E-state index is 0.0752. The molecule has 1 aliphatic rings. The molecule has 0 amide bonds. The van der Waals surface area contributed by atoms with Crippen LogP contribution in [-0.2, 0) is 11.3 Å². The standard InChI is InChI=1S/C13H12ClFN2O/c14-10-5-3-4-9(12(10)15)8-18-11-6-1-2-7-17-13(11)16/h1-5,7H,6,8,16H2. The number of halogens is 2. The van der Waals surface area contributed by atoms with E-state index in [1.165, 1.54) is 6.07 Å². The zero-order valence-corrected chi connectivity index (χ0v) is 10.3. The van der Waals surface area contributed by atoms with Gasteiger partial charge in [-0.3, -0.25) is 0 Å². The van der Waals surface area contributed by atoms with Crippen LogP contribution >= 0.6 is 11.6 Å². The lowest BCUT2D eigenvalue weighted by atomic mass is 10.2. The monoisotopic (exact) mass is 266 g/mol. The molecule has 0 unspecified atom stereocenters. The fourth-order valence-electron chi connectivity index (χ4n) is 1.49. The molecule has 1 heterocycles. The van der Waals surface area contributed by atoms with Gasteiger partial charge in [-0.2, -0.15) is 0 Å². The maximum Gasteiger partial charge on any atom is 0.162 e. The predicted octanol–water partition coefficient (Wildman–Crippen LogP) is 3.15. The summed E-state index contributed by atoms with van der Waals surface area (Å²) in [6.07, 6.45) is 5.77. The van der Waals surface area contributed by atoms with Crippen LogP contribution in [0.15, 0.2) is 46.9 Å². The van der Waals surface area contributed by atoms with Crippen LogP contribution in [0.25, 0.3) is 0 Å². The molecule has 0 saturated heterocycles. The van der Waals surface area contributed by atoms with Gasteiger partial charge in [-0.05, 0) is 12.1 Å². The summed E-state index contributed by atoms with van der Waals surface area (Å²) < 4.78 is 19.1. The molecule has 0 bridgehead atoms. The van der Waals surface area contributed by atoms with E-state index >= 15 is 0 Å². The number of aliphatic imine (C=N–C) groups is 1. The second-order valence-corrected chi connectivity index (χ2v) is 4.13. The van der Waals surface area contributed by atoms with Crippen LogP contribution < -0.4 is 5.73 Å². The third kappa shape index (κ3) is 2.90. The highest BCUT2D eigenvalue weighted by Crippen LogP contribution is 2.20. The maximum absolute atomic E-state index is 13.6. The second kappa shape index (κ2) is 5.69. The van der Waals surface area contributed by atoms with Crippen LogP contribution in [-0.4, -0.2) is 6.21 Å². The summed E-state index contributed by atoms with van der Waals surface area (Å²) in [5, 5.41) is 0.0804. The quantitative estimate of drug-likeness (QED) is 0.914. The Morgan fingerprint density at radius 3 is 3.11 bits per heavy atom. The number of rotatable bonds is 3. The van der Waals surface area contributed by atoms with Gasteiger partial charge in [-0.1, -0.05) is 29.8 Å². The van der Waals surface area contributed by atoms with Crippen LogP contribution in [0.1, 0.15) is 12.0 Å². The smallest absolute Gasteiger partial charge is 0.162 e. The van der Waals surface area contributed by atoms with Crippen molar-refractivity contribution in [1.29, 1.82) is 0 Å². The number of ether oxygens (including phenoxy) is 1. The first kappa shape index (κ1) is 12.6. The van der Waals surface area contributed by atoms with Crippen molar-refractivity contribution < 1.29 is 9.13 Å². The molecule has 2 rings (SSSR count). The average molecular weight is 267 g/mol. The largest absolute Gasteiger partial charge is 0.489 e. The van der Waals surface area contributed by atoms with Crippen molar-refractivity contribution in [3.8, 4) is 0 Å². The molecule has 1 aromatic carbocycles. The summed E-state index contributed by atoms with van der Waals surface area (Å²) in [6.45, 7) is 0.0752. The van der Waals surface area contributed by atoms with Crippen molar-refractivity contribution in [3.05, 3.63) is 58.3 Å². The fourth-order valence-corrected chi connectivity index (χ4v) is 1.69. The van der Waals surface area contributed by atoms with Crippen molar-refractivity contribution in [2.24, 2.45) is 10.7 Å². The lowest BCUT2D eigenvalue weighted by Crippen LogP contribution is -2.04. The summed E-state index contributed by atoms with van der Waals surface area (Å²) in [7, 11) is 0. The van der Waals surface area contributed by atoms with Gasteiger partial charge in [0.05, 0.1) is 5.02 Å². The van der Waals surface area contributed by atoms with E-state index in [0.29, 0.717) is 23.6 Å². The van der Waals surface area contributed by atoms with Crippen molar-refractivity contribution in [2.45, 2.75) is 13.0 Å². The third-order valence-electron chi connectivity index (χ3n) is 2.46. The van der Waals surface area contributed by atoms with E-state index in [4.69, 9.17) is 22.1 Å². The van der Waals surface area contributed by atoms with E-state index in [2.05, 4.69) is 4.99 Å². The van der Waals surface area contributed by atoms with E-state index in [-0.39, 0.29) is 11.6 Å². The summed E-state index contributed by atoms with van der Waals surface area (Å²) >= 11 is 5.69. The highest BCUT2D eigenvalue weighted by Gasteiger charge is 2.09. The van der Waals surface area contributed by atoms with Gasteiger partial charge >= 0.3 is 0 Å². The second-order valence-electron chi connectivity index (χ2n) is 3.72. The number of benzene rings is 1. The van der Waals surface area contributed by atoms with E-state index in [9.17, 15) is 4.39 Å². The maximum atomic E-state index is 13.6. The Morgan fingerprint density at radius 2 is 2.28 bits per heavy atom. The highest BCUT2D eigenvalue weighted by atomic mass is 35.5. The average Bonchev–Trinajstić information content (AvgIpc) is 2.56. The van der Waals surface area contributed by atoms with Gasteiger partial charge in [0.1, 0.15) is 18.2 Å². The van der Waals surface area contributed by atoms with E-state index in [0.717, 1.165) is 0 Å². The fraction of sp³-hybridized carbons (Fsp3) is 0.154. The first-order chi connectivity index (χ1) is 8.68. The van der Waals surface area contributed by atoms with E-state index < -0.39 is 5.82 Å². The summed E-state index contributed by atoms with van der Waals surface area (Å²) in [4.78, 5) is 3.96. The Labute approximate surface area is 109 Å². The summed E-state index contributed by atoms with van der Waals surface area (Å²) in [5.41, 5.74) is 6.10. The zero-order valence-electron chi connectivity index (χ0n) is 9.57. The molecular formula is C13H12ClFN2O. The first-order valence-corrected chi connectivity index (χ1v) is 5.80. The van der Waals surface area contributed by atoms with Crippen LogP contribution in [0.5, 0.6) is 0 Å². The predicted molar refractivity (Wildman–Crippen MR) is 69.7 cm³/mol. The lowest BCUT2D eigenvalue weighted by molar-refractivity contribution is 0.187. The first-order valence-electron chi connectivity index (χ1n) is 5.42. The van der Waals surface area contributed by atoms with Crippen LogP contribution in [0.3, 0.4) is 0 Å². The van der Waals surface area contributed by atoms with Gasteiger partial charge < -0.3 is 10.5 Å². The molecule has 0 aromatic heterocycles.